The third kappa shape index (κ3) is 1.66. The van der Waals surface area contributed by atoms with Gasteiger partial charge in [-0.25, -0.2) is 13.2 Å². The summed E-state index contributed by atoms with van der Waals surface area (Å²) in [7, 11) is 0. The lowest BCUT2D eigenvalue weighted by Gasteiger charge is -2.12. The monoisotopic (exact) mass is 206 g/mol. The van der Waals surface area contributed by atoms with E-state index < -0.39 is 34.8 Å². The number of hydrogen-bond acceptors (Lipinski definition) is 3. The van der Waals surface area contributed by atoms with E-state index in [1.807, 2.05) is 0 Å². The van der Waals surface area contributed by atoms with Crippen LogP contribution in [0.15, 0.2) is 6.07 Å². The summed E-state index contributed by atoms with van der Waals surface area (Å²) in [5.74, 6) is -5.37. The standard InChI is InChI=1S/C8H9F3N2O/c9-3-1-5(14)6(4(13)2-12)8(11)7(3)10/h1,4,14H,2,12-13H2/t4-/m0/s1. The van der Waals surface area contributed by atoms with Gasteiger partial charge in [0.05, 0.1) is 5.56 Å². The maximum Gasteiger partial charge on any atom is 0.195 e. The average molecular weight is 206 g/mol. The smallest absolute Gasteiger partial charge is 0.195 e. The molecule has 0 saturated carbocycles. The Bertz CT molecular complexity index is 357. The summed E-state index contributed by atoms with van der Waals surface area (Å²) in [5.41, 5.74) is 9.90. The van der Waals surface area contributed by atoms with E-state index in [4.69, 9.17) is 16.6 Å². The van der Waals surface area contributed by atoms with Gasteiger partial charge in [0, 0.05) is 18.7 Å². The Labute approximate surface area is 78.1 Å². The van der Waals surface area contributed by atoms with Crippen molar-refractivity contribution in [3.8, 4) is 5.75 Å². The molecule has 0 spiro atoms. The molecule has 0 aliphatic rings. The van der Waals surface area contributed by atoms with Gasteiger partial charge in [-0.1, -0.05) is 0 Å². The number of phenols is 1. The highest BCUT2D eigenvalue weighted by atomic mass is 19.2. The Morgan fingerprint density at radius 3 is 2.36 bits per heavy atom. The summed E-state index contributed by atoms with van der Waals surface area (Å²) in [6.07, 6.45) is 0. The largest absolute Gasteiger partial charge is 0.507 e. The Morgan fingerprint density at radius 1 is 1.29 bits per heavy atom. The zero-order chi connectivity index (χ0) is 10.9. The maximum absolute atomic E-state index is 13.1. The van der Waals surface area contributed by atoms with Gasteiger partial charge in [-0.3, -0.25) is 0 Å². The summed E-state index contributed by atoms with van der Waals surface area (Å²) in [6.45, 7) is -0.185. The summed E-state index contributed by atoms with van der Waals surface area (Å²) < 4.78 is 38.3. The van der Waals surface area contributed by atoms with Crippen LogP contribution in [0.5, 0.6) is 5.75 Å². The lowest BCUT2D eigenvalue weighted by atomic mass is 10.1. The quantitative estimate of drug-likeness (QED) is 0.626. The molecule has 0 amide bonds. The minimum Gasteiger partial charge on any atom is -0.507 e. The lowest BCUT2D eigenvalue weighted by molar-refractivity contribution is 0.401. The molecule has 0 radical (unpaired) electrons. The number of benzene rings is 1. The van der Waals surface area contributed by atoms with Crippen LogP contribution in [0.3, 0.4) is 0 Å². The summed E-state index contributed by atoms with van der Waals surface area (Å²) in [4.78, 5) is 0. The Hall–Kier alpha value is -1.27. The van der Waals surface area contributed by atoms with Crippen molar-refractivity contribution < 1.29 is 18.3 Å². The second kappa shape index (κ2) is 3.85. The molecule has 0 aromatic heterocycles. The number of aromatic hydroxyl groups is 1. The van der Waals surface area contributed by atoms with Gasteiger partial charge in [-0.05, 0) is 0 Å². The number of phenolic OH excluding ortho intramolecular Hbond substituents is 1. The van der Waals surface area contributed by atoms with E-state index in [-0.39, 0.29) is 6.54 Å². The van der Waals surface area contributed by atoms with Gasteiger partial charge in [-0.2, -0.15) is 0 Å². The van der Waals surface area contributed by atoms with Crippen LogP contribution in [0, 0.1) is 17.5 Å². The Kier molecular flexibility index (Phi) is 2.97. The second-order valence-electron chi connectivity index (χ2n) is 2.76. The molecule has 1 aromatic rings. The van der Waals surface area contributed by atoms with Crippen LogP contribution in [0.25, 0.3) is 0 Å². The third-order valence-electron chi connectivity index (χ3n) is 1.80. The highest BCUT2D eigenvalue weighted by Crippen LogP contribution is 2.28. The fourth-order valence-corrected chi connectivity index (χ4v) is 1.07. The van der Waals surface area contributed by atoms with Crippen molar-refractivity contribution >= 4 is 0 Å². The normalized spacial score (nSPS) is 12.9. The number of rotatable bonds is 2. The zero-order valence-electron chi connectivity index (χ0n) is 7.10. The molecule has 1 aromatic carbocycles. The molecular weight excluding hydrogens is 197 g/mol. The zero-order valence-corrected chi connectivity index (χ0v) is 7.10. The molecule has 3 nitrogen and oxygen atoms in total. The van der Waals surface area contributed by atoms with E-state index in [0.29, 0.717) is 6.07 Å². The van der Waals surface area contributed by atoms with Gasteiger partial charge in [0.25, 0.3) is 0 Å². The molecule has 0 unspecified atom stereocenters. The second-order valence-corrected chi connectivity index (χ2v) is 2.76. The molecule has 78 valence electrons. The molecule has 1 rings (SSSR count). The lowest BCUT2D eigenvalue weighted by Crippen LogP contribution is -2.22. The molecular formula is C8H9F3N2O. The fourth-order valence-electron chi connectivity index (χ4n) is 1.07. The van der Waals surface area contributed by atoms with Crippen molar-refractivity contribution in [2.24, 2.45) is 11.5 Å². The summed E-state index contributed by atoms with van der Waals surface area (Å²) in [6, 6.07) is -0.603. The van der Waals surface area contributed by atoms with Crippen molar-refractivity contribution in [3.63, 3.8) is 0 Å². The van der Waals surface area contributed by atoms with Gasteiger partial charge in [0.15, 0.2) is 17.5 Å². The van der Waals surface area contributed by atoms with E-state index >= 15 is 0 Å². The molecule has 0 heterocycles. The van der Waals surface area contributed by atoms with Crippen LogP contribution in [-0.4, -0.2) is 11.7 Å². The minimum absolute atomic E-state index is 0.185. The number of hydrogen-bond donors (Lipinski definition) is 3. The van der Waals surface area contributed by atoms with Crippen molar-refractivity contribution in [1.29, 1.82) is 0 Å². The molecule has 0 fully saturated rings. The van der Waals surface area contributed by atoms with Gasteiger partial charge in [0.1, 0.15) is 5.75 Å². The Balaban J connectivity index is 3.36. The first-order valence-corrected chi connectivity index (χ1v) is 3.81. The molecule has 0 saturated heterocycles. The van der Waals surface area contributed by atoms with Crippen molar-refractivity contribution in [3.05, 3.63) is 29.1 Å². The van der Waals surface area contributed by atoms with Crippen LogP contribution < -0.4 is 11.5 Å². The molecule has 0 aliphatic carbocycles. The first-order valence-electron chi connectivity index (χ1n) is 3.81. The van der Waals surface area contributed by atoms with Crippen molar-refractivity contribution in [2.45, 2.75) is 6.04 Å². The van der Waals surface area contributed by atoms with Crippen molar-refractivity contribution in [1.82, 2.24) is 0 Å². The third-order valence-corrected chi connectivity index (χ3v) is 1.80. The SMILES string of the molecule is NC[C@H](N)c1c(O)cc(F)c(F)c1F. The van der Waals surface area contributed by atoms with E-state index in [1.165, 1.54) is 0 Å². The van der Waals surface area contributed by atoms with E-state index in [2.05, 4.69) is 0 Å². The van der Waals surface area contributed by atoms with Crippen LogP contribution in [0.4, 0.5) is 13.2 Å². The van der Waals surface area contributed by atoms with E-state index in [9.17, 15) is 13.2 Å². The van der Waals surface area contributed by atoms with Gasteiger partial charge >= 0.3 is 0 Å². The van der Waals surface area contributed by atoms with Crippen LogP contribution in [0.2, 0.25) is 0 Å². The predicted octanol–water partition coefficient (Wildman–Crippen LogP) is 0.768. The Morgan fingerprint density at radius 2 is 1.86 bits per heavy atom. The summed E-state index contributed by atoms with van der Waals surface area (Å²) >= 11 is 0. The molecule has 0 bridgehead atoms. The average Bonchev–Trinajstić information content (AvgIpc) is 2.14. The summed E-state index contributed by atoms with van der Waals surface area (Å²) in [5, 5.41) is 9.12. The van der Waals surface area contributed by atoms with Crippen LogP contribution in [-0.2, 0) is 0 Å². The van der Waals surface area contributed by atoms with Gasteiger partial charge in [-0.15, -0.1) is 0 Å². The number of halogens is 3. The molecule has 0 aliphatic heterocycles. The first-order chi connectivity index (χ1) is 6.49. The van der Waals surface area contributed by atoms with E-state index in [1.54, 1.807) is 0 Å². The molecule has 5 N–H and O–H groups in total. The van der Waals surface area contributed by atoms with E-state index in [0.717, 1.165) is 0 Å². The maximum atomic E-state index is 13.1. The van der Waals surface area contributed by atoms with Gasteiger partial charge in [0.2, 0.25) is 0 Å². The molecule has 6 heteroatoms. The van der Waals surface area contributed by atoms with Gasteiger partial charge < -0.3 is 16.6 Å². The fraction of sp³-hybridized carbons (Fsp3) is 0.250. The topological polar surface area (TPSA) is 72.3 Å². The predicted molar refractivity (Wildman–Crippen MR) is 44.0 cm³/mol. The minimum atomic E-state index is -1.67. The first kappa shape index (κ1) is 10.8. The van der Waals surface area contributed by atoms with Crippen LogP contribution >= 0.6 is 0 Å². The van der Waals surface area contributed by atoms with Crippen LogP contribution in [0.1, 0.15) is 11.6 Å². The highest BCUT2D eigenvalue weighted by Gasteiger charge is 2.22. The molecule has 1 atom stereocenters. The molecule has 14 heavy (non-hydrogen) atoms. The highest BCUT2D eigenvalue weighted by molar-refractivity contribution is 5.37. The van der Waals surface area contributed by atoms with Crippen molar-refractivity contribution in [2.75, 3.05) is 6.54 Å². The number of nitrogens with two attached hydrogens (primary N) is 2.